The Morgan fingerprint density at radius 1 is 1.33 bits per heavy atom. The molecule has 2 aromatic rings. The van der Waals surface area contributed by atoms with E-state index in [0.717, 1.165) is 12.4 Å². The number of nitrogens with zero attached hydrogens (tertiary/aromatic N) is 3. The molecule has 1 N–H and O–H groups in total. The lowest BCUT2D eigenvalue weighted by molar-refractivity contribution is -0.212. The standard InChI is InChI=1S/C10H6F3N3O2/c11-10(12,13)16-5-6(4-14-16)7-2-1-3-8(15-7)9(17)18/h1-5H,(H,17,18). The third-order valence-corrected chi connectivity index (χ3v) is 2.11. The Labute approximate surface area is 98.5 Å². The molecule has 0 aliphatic carbocycles. The molecule has 0 bridgehead atoms. The highest BCUT2D eigenvalue weighted by atomic mass is 19.4. The molecule has 0 saturated heterocycles. The van der Waals surface area contributed by atoms with E-state index in [1.165, 1.54) is 18.2 Å². The van der Waals surface area contributed by atoms with Crippen molar-refractivity contribution in [2.75, 3.05) is 0 Å². The maximum Gasteiger partial charge on any atom is 0.504 e. The van der Waals surface area contributed by atoms with E-state index in [4.69, 9.17) is 5.11 Å². The van der Waals surface area contributed by atoms with E-state index in [9.17, 15) is 18.0 Å². The molecule has 0 unspecified atom stereocenters. The van der Waals surface area contributed by atoms with E-state index in [1.807, 2.05) is 0 Å². The van der Waals surface area contributed by atoms with Gasteiger partial charge in [0.05, 0.1) is 11.9 Å². The summed E-state index contributed by atoms with van der Waals surface area (Å²) in [5.41, 5.74) is -0.0342. The summed E-state index contributed by atoms with van der Waals surface area (Å²) >= 11 is 0. The van der Waals surface area contributed by atoms with Crippen LogP contribution in [0.15, 0.2) is 30.6 Å². The van der Waals surface area contributed by atoms with Crippen molar-refractivity contribution >= 4 is 5.97 Å². The summed E-state index contributed by atoms with van der Waals surface area (Å²) < 4.78 is 36.8. The van der Waals surface area contributed by atoms with Gasteiger partial charge in [0.1, 0.15) is 5.69 Å². The lowest BCUT2D eigenvalue weighted by Gasteiger charge is -2.04. The summed E-state index contributed by atoms with van der Waals surface area (Å²) in [6.45, 7) is 0. The van der Waals surface area contributed by atoms with Gasteiger partial charge in [0.15, 0.2) is 0 Å². The molecule has 0 aromatic carbocycles. The Kier molecular flexibility index (Phi) is 2.77. The zero-order valence-corrected chi connectivity index (χ0v) is 8.72. The number of hydrogen-bond acceptors (Lipinski definition) is 3. The number of rotatable bonds is 2. The number of aromatic nitrogens is 3. The number of pyridine rings is 1. The van der Waals surface area contributed by atoms with Gasteiger partial charge in [0.25, 0.3) is 0 Å². The maximum atomic E-state index is 12.3. The summed E-state index contributed by atoms with van der Waals surface area (Å²) in [5, 5.41) is 11.9. The highest BCUT2D eigenvalue weighted by Crippen LogP contribution is 2.24. The average Bonchev–Trinajstić information content (AvgIpc) is 2.78. The Morgan fingerprint density at radius 3 is 2.61 bits per heavy atom. The van der Waals surface area contributed by atoms with Gasteiger partial charge >= 0.3 is 12.3 Å². The van der Waals surface area contributed by atoms with Gasteiger partial charge in [-0.2, -0.15) is 9.78 Å². The number of alkyl halides is 3. The van der Waals surface area contributed by atoms with Gasteiger partial charge in [-0.05, 0) is 12.1 Å². The highest BCUT2D eigenvalue weighted by Gasteiger charge is 2.31. The molecule has 2 aromatic heterocycles. The van der Waals surface area contributed by atoms with Crippen molar-refractivity contribution in [3.8, 4) is 11.3 Å². The van der Waals surface area contributed by atoms with Crippen molar-refractivity contribution in [3.63, 3.8) is 0 Å². The largest absolute Gasteiger partial charge is 0.504 e. The van der Waals surface area contributed by atoms with Crippen LogP contribution in [0.3, 0.4) is 0 Å². The van der Waals surface area contributed by atoms with E-state index in [0.29, 0.717) is 0 Å². The first-order valence-electron chi connectivity index (χ1n) is 4.70. The molecule has 0 aliphatic heterocycles. The zero-order chi connectivity index (χ0) is 13.3. The first-order chi connectivity index (χ1) is 8.38. The molecule has 0 radical (unpaired) electrons. The number of carboxylic acid groups (broad SMARTS) is 1. The van der Waals surface area contributed by atoms with Crippen LogP contribution in [0, 0.1) is 0 Å². The zero-order valence-electron chi connectivity index (χ0n) is 8.72. The lowest BCUT2D eigenvalue weighted by atomic mass is 10.2. The third kappa shape index (κ3) is 2.31. The summed E-state index contributed by atoms with van der Waals surface area (Å²) in [4.78, 5) is 14.4. The molecular weight excluding hydrogens is 251 g/mol. The maximum absolute atomic E-state index is 12.3. The molecule has 8 heteroatoms. The Bertz CT molecular complexity index is 592. The highest BCUT2D eigenvalue weighted by molar-refractivity contribution is 5.86. The van der Waals surface area contributed by atoms with Crippen molar-refractivity contribution in [3.05, 3.63) is 36.3 Å². The topological polar surface area (TPSA) is 68.0 Å². The fourth-order valence-corrected chi connectivity index (χ4v) is 1.31. The molecule has 0 atom stereocenters. The fraction of sp³-hybridized carbons (Fsp3) is 0.100. The van der Waals surface area contributed by atoms with Crippen molar-refractivity contribution in [2.24, 2.45) is 0 Å². The average molecular weight is 257 g/mol. The number of carboxylic acids is 1. The first kappa shape index (κ1) is 12.1. The molecule has 18 heavy (non-hydrogen) atoms. The van der Waals surface area contributed by atoms with Crippen molar-refractivity contribution in [1.29, 1.82) is 0 Å². The van der Waals surface area contributed by atoms with Crippen LogP contribution in [0.2, 0.25) is 0 Å². The second-order valence-corrected chi connectivity index (χ2v) is 3.35. The summed E-state index contributed by atoms with van der Waals surface area (Å²) in [7, 11) is 0. The summed E-state index contributed by atoms with van der Waals surface area (Å²) in [6, 6.07) is 4.06. The van der Waals surface area contributed by atoms with Crippen LogP contribution in [-0.2, 0) is 6.30 Å². The number of hydrogen-bond donors (Lipinski definition) is 1. The predicted molar refractivity (Wildman–Crippen MR) is 53.7 cm³/mol. The van der Waals surface area contributed by atoms with E-state index >= 15 is 0 Å². The van der Waals surface area contributed by atoms with Crippen molar-refractivity contribution in [2.45, 2.75) is 6.30 Å². The quantitative estimate of drug-likeness (QED) is 0.894. The second kappa shape index (κ2) is 4.13. The number of aromatic carboxylic acids is 1. The molecule has 0 saturated carbocycles. The SMILES string of the molecule is O=C(O)c1cccc(-c2cnn(C(F)(F)F)c2)n1. The van der Waals surface area contributed by atoms with Crippen LogP contribution in [0.25, 0.3) is 11.3 Å². The molecule has 2 rings (SSSR count). The van der Waals surface area contributed by atoms with E-state index < -0.39 is 12.3 Å². The van der Waals surface area contributed by atoms with Crippen LogP contribution >= 0.6 is 0 Å². The van der Waals surface area contributed by atoms with Gasteiger partial charge in [-0.25, -0.2) is 9.78 Å². The van der Waals surface area contributed by atoms with Crippen LogP contribution < -0.4 is 0 Å². The smallest absolute Gasteiger partial charge is 0.477 e. The van der Waals surface area contributed by atoms with E-state index in [1.54, 1.807) is 0 Å². The fourth-order valence-electron chi connectivity index (χ4n) is 1.31. The van der Waals surface area contributed by atoms with Crippen molar-refractivity contribution < 1.29 is 23.1 Å². The summed E-state index contributed by atoms with van der Waals surface area (Å²) in [5.74, 6) is -1.25. The molecule has 0 spiro atoms. The Morgan fingerprint density at radius 2 is 2.06 bits per heavy atom. The van der Waals surface area contributed by atoms with Gasteiger partial charge in [-0.3, -0.25) is 0 Å². The second-order valence-electron chi connectivity index (χ2n) is 3.35. The molecule has 2 heterocycles. The molecule has 0 aliphatic rings. The molecule has 94 valence electrons. The molecule has 5 nitrogen and oxygen atoms in total. The van der Waals surface area contributed by atoms with E-state index in [2.05, 4.69) is 10.1 Å². The normalized spacial score (nSPS) is 11.5. The minimum Gasteiger partial charge on any atom is -0.477 e. The van der Waals surface area contributed by atoms with Gasteiger partial charge < -0.3 is 5.11 Å². The van der Waals surface area contributed by atoms with Gasteiger partial charge in [0, 0.05) is 11.8 Å². The molecular formula is C10H6F3N3O2. The minimum atomic E-state index is -4.61. The van der Waals surface area contributed by atoms with Gasteiger partial charge in [0.2, 0.25) is 0 Å². The van der Waals surface area contributed by atoms with E-state index in [-0.39, 0.29) is 21.6 Å². The number of carbonyl (C=O) groups is 1. The Balaban J connectivity index is 2.40. The van der Waals surface area contributed by atoms with Crippen LogP contribution in [0.4, 0.5) is 13.2 Å². The van der Waals surface area contributed by atoms with Crippen LogP contribution in [0.5, 0.6) is 0 Å². The van der Waals surface area contributed by atoms with Crippen LogP contribution in [-0.4, -0.2) is 25.8 Å². The number of halogens is 3. The lowest BCUT2D eigenvalue weighted by Crippen LogP contribution is -2.16. The van der Waals surface area contributed by atoms with Gasteiger partial charge in [-0.1, -0.05) is 6.07 Å². The molecule has 0 amide bonds. The van der Waals surface area contributed by atoms with Crippen LogP contribution in [0.1, 0.15) is 10.5 Å². The predicted octanol–water partition coefficient (Wildman–Crippen LogP) is 2.12. The summed E-state index contributed by atoms with van der Waals surface area (Å²) in [6.07, 6.45) is -2.89. The Hall–Kier alpha value is -2.38. The third-order valence-electron chi connectivity index (χ3n) is 2.11. The molecule has 0 fully saturated rings. The first-order valence-corrected chi connectivity index (χ1v) is 4.70. The van der Waals surface area contributed by atoms with Crippen molar-refractivity contribution in [1.82, 2.24) is 14.8 Å². The monoisotopic (exact) mass is 257 g/mol. The van der Waals surface area contributed by atoms with Gasteiger partial charge in [-0.15, -0.1) is 13.2 Å². The minimum absolute atomic E-state index is 0.0930.